The molecule has 0 bridgehead atoms. The number of hydrogen-bond donors (Lipinski definition) is 3. The molecule has 21 heavy (non-hydrogen) atoms. The molecule has 0 spiro atoms. The molecule has 2 rings (SSSR count). The summed E-state index contributed by atoms with van der Waals surface area (Å²) in [7, 11) is 0. The van der Waals surface area contributed by atoms with Gasteiger partial charge in [-0.25, -0.2) is 4.79 Å². The minimum Gasteiger partial charge on any atom is -0.474 e. The summed E-state index contributed by atoms with van der Waals surface area (Å²) in [5.41, 5.74) is 3.68. The first-order valence-corrected chi connectivity index (χ1v) is 6.61. The van der Waals surface area contributed by atoms with Crippen LogP contribution in [-0.4, -0.2) is 23.2 Å². The third-order valence-electron chi connectivity index (χ3n) is 2.39. The summed E-state index contributed by atoms with van der Waals surface area (Å²) in [6.07, 6.45) is 0.325. The Bertz CT molecular complexity index is 601. The molecule has 0 saturated heterocycles. The monoisotopic (exact) mass is 310 g/mol. The number of carboxylic acid groups (broad SMARTS) is 1. The molecule has 1 aromatic carbocycles. The number of halogens is 1. The molecule has 1 aliphatic heterocycles. The van der Waals surface area contributed by atoms with Crippen LogP contribution in [0.2, 0.25) is 0 Å². The van der Waals surface area contributed by atoms with Gasteiger partial charge >= 0.3 is 6.09 Å². The van der Waals surface area contributed by atoms with Gasteiger partial charge in [-0.3, -0.25) is 10.7 Å². The SMILES string of the molecule is CC(C)OC1=NN(c2ccccc2NC(=O)O)NC(Cl)=C1. The molecule has 0 unspecified atom stereocenters. The largest absolute Gasteiger partial charge is 0.474 e. The summed E-state index contributed by atoms with van der Waals surface area (Å²) < 4.78 is 5.51. The highest BCUT2D eigenvalue weighted by Crippen LogP contribution is 2.26. The van der Waals surface area contributed by atoms with Crippen LogP contribution in [0.15, 0.2) is 40.6 Å². The Morgan fingerprint density at radius 3 is 2.86 bits per heavy atom. The first-order chi connectivity index (χ1) is 9.95. The second kappa shape index (κ2) is 6.36. The zero-order chi connectivity index (χ0) is 15.4. The third kappa shape index (κ3) is 4.03. The summed E-state index contributed by atoms with van der Waals surface area (Å²) in [6, 6.07) is 6.79. The molecule has 0 saturated carbocycles. The fraction of sp³-hybridized carbons (Fsp3) is 0.231. The molecular formula is C13H15ClN4O3. The van der Waals surface area contributed by atoms with Crippen molar-refractivity contribution in [3.8, 4) is 0 Å². The van der Waals surface area contributed by atoms with Crippen molar-refractivity contribution in [1.29, 1.82) is 0 Å². The minimum absolute atomic E-state index is 0.0585. The lowest BCUT2D eigenvalue weighted by molar-refractivity contribution is 0.209. The molecule has 112 valence electrons. The van der Waals surface area contributed by atoms with Gasteiger partial charge in [-0.05, 0) is 26.0 Å². The van der Waals surface area contributed by atoms with Gasteiger partial charge in [0, 0.05) is 6.08 Å². The molecule has 1 heterocycles. The van der Waals surface area contributed by atoms with Gasteiger partial charge in [0.2, 0.25) is 5.90 Å². The first kappa shape index (κ1) is 15.0. The van der Waals surface area contributed by atoms with Crippen LogP contribution in [0.5, 0.6) is 0 Å². The van der Waals surface area contributed by atoms with Crippen LogP contribution in [0.25, 0.3) is 0 Å². The molecule has 0 aromatic heterocycles. The number of anilines is 2. The Balaban J connectivity index is 2.31. The van der Waals surface area contributed by atoms with Crippen LogP contribution in [0, 0.1) is 0 Å². The number of hydrogen-bond acceptors (Lipinski definition) is 5. The maximum Gasteiger partial charge on any atom is 0.409 e. The third-order valence-corrected chi connectivity index (χ3v) is 2.59. The minimum atomic E-state index is -1.16. The normalized spacial score (nSPS) is 14.2. The number of hydrazone groups is 1. The molecule has 1 aliphatic rings. The van der Waals surface area contributed by atoms with Crippen molar-refractivity contribution in [2.45, 2.75) is 20.0 Å². The van der Waals surface area contributed by atoms with Gasteiger partial charge in [0.25, 0.3) is 0 Å². The number of hydrazine groups is 1. The fourth-order valence-electron chi connectivity index (χ4n) is 1.69. The van der Waals surface area contributed by atoms with Gasteiger partial charge in [0.05, 0.1) is 11.8 Å². The van der Waals surface area contributed by atoms with Gasteiger partial charge in [0.15, 0.2) is 0 Å². The number of para-hydroxylation sites is 2. The molecule has 3 N–H and O–H groups in total. The van der Waals surface area contributed by atoms with Crippen molar-refractivity contribution < 1.29 is 14.6 Å². The summed E-state index contributed by atoms with van der Waals surface area (Å²) in [6.45, 7) is 3.74. The standard InChI is InChI=1S/C13H15ClN4O3/c1-8(2)21-12-7-11(14)16-18(17-12)10-6-4-3-5-9(10)15-13(19)20/h3-8,15-16H,1-2H3,(H,19,20). The number of benzene rings is 1. The molecule has 8 heteroatoms. The Hall–Kier alpha value is -2.41. The van der Waals surface area contributed by atoms with Crippen molar-refractivity contribution in [3.63, 3.8) is 0 Å². The van der Waals surface area contributed by atoms with Crippen molar-refractivity contribution in [2.24, 2.45) is 5.10 Å². The van der Waals surface area contributed by atoms with Crippen molar-refractivity contribution in [1.82, 2.24) is 5.43 Å². The molecule has 0 atom stereocenters. The Labute approximate surface area is 126 Å². The van der Waals surface area contributed by atoms with Gasteiger partial charge < -0.3 is 9.84 Å². The van der Waals surface area contributed by atoms with E-state index in [1.807, 2.05) is 13.8 Å². The molecular weight excluding hydrogens is 296 g/mol. The van der Waals surface area contributed by atoms with E-state index in [9.17, 15) is 4.79 Å². The van der Waals surface area contributed by atoms with E-state index in [1.54, 1.807) is 30.3 Å². The lowest BCUT2D eigenvalue weighted by atomic mass is 10.2. The lowest BCUT2D eigenvalue weighted by Gasteiger charge is -2.26. The predicted molar refractivity (Wildman–Crippen MR) is 81.3 cm³/mol. The topological polar surface area (TPSA) is 86.2 Å². The van der Waals surface area contributed by atoms with E-state index in [2.05, 4.69) is 15.8 Å². The van der Waals surface area contributed by atoms with E-state index in [0.717, 1.165) is 0 Å². The second-order valence-electron chi connectivity index (χ2n) is 4.47. The van der Waals surface area contributed by atoms with Gasteiger partial charge in [0.1, 0.15) is 10.8 Å². The fourth-order valence-corrected chi connectivity index (χ4v) is 1.86. The number of ether oxygens (including phenoxy) is 1. The van der Waals surface area contributed by atoms with Crippen LogP contribution >= 0.6 is 11.6 Å². The zero-order valence-electron chi connectivity index (χ0n) is 11.5. The Kier molecular flexibility index (Phi) is 4.54. The zero-order valence-corrected chi connectivity index (χ0v) is 12.3. The number of amides is 1. The highest BCUT2D eigenvalue weighted by atomic mass is 35.5. The maximum atomic E-state index is 10.8. The van der Waals surface area contributed by atoms with E-state index >= 15 is 0 Å². The molecule has 0 fully saturated rings. The molecule has 0 radical (unpaired) electrons. The number of nitrogens with one attached hydrogen (secondary N) is 2. The average molecular weight is 311 g/mol. The smallest absolute Gasteiger partial charge is 0.409 e. The molecule has 0 aliphatic carbocycles. The quantitative estimate of drug-likeness (QED) is 0.747. The van der Waals surface area contributed by atoms with Crippen LogP contribution in [-0.2, 0) is 4.74 Å². The lowest BCUT2D eigenvalue weighted by Crippen LogP contribution is -2.37. The van der Waals surface area contributed by atoms with Gasteiger partial charge in [-0.2, -0.15) is 5.12 Å². The van der Waals surface area contributed by atoms with E-state index < -0.39 is 6.09 Å². The van der Waals surface area contributed by atoms with Crippen molar-refractivity contribution in [3.05, 3.63) is 35.5 Å². The van der Waals surface area contributed by atoms with Crippen LogP contribution < -0.4 is 15.9 Å². The van der Waals surface area contributed by atoms with Crippen molar-refractivity contribution >= 4 is 35.0 Å². The predicted octanol–water partition coefficient (Wildman–Crippen LogP) is 2.92. The van der Waals surface area contributed by atoms with Crippen molar-refractivity contribution in [2.75, 3.05) is 10.4 Å². The first-order valence-electron chi connectivity index (χ1n) is 6.24. The van der Waals surface area contributed by atoms with Gasteiger partial charge in [-0.1, -0.05) is 23.7 Å². The van der Waals surface area contributed by atoms with E-state index in [0.29, 0.717) is 22.4 Å². The molecule has 1 amide bonds. The summed E-state index contributed by atoms with van der Waals surface area (Å²) in [5.74, 6) is 0.332. The van der Waals surface area contributed by atoms with Crippen LogP contribution in [0.1, 0.15) is 13.8 Å². The number of rotatable bonds is 3. The Morgan fingerprint density at radius 2 is 2.19 bits per heavy atom. The second-order valence-corrected chi connectivity index (χ2v) is 4.88. The average Bonchev–Trinajstić information content (AvgIpc) is 2.37. The summed E-state index contributed by atoms with van der Waals surface area (Å²) in [4.78, 5) is 10.8. The molecule has 1 aromatic rings. The highest BCUT2D eigenvalue weighted by molar-refractivity contribution is 6.31. The van der Waals surface area contributed by atoms with E-state index in [4.69, 9.17) is 21.4 Å². The van der Waals surface area contributed by atoms with Gasteiger partial charge in [-0.15, -0.1) is 5.10 Å². The Morgan fingerprint density at radius 1 is 1.48 bits per heavy atom. The summed E-state index contributed by atoms with van der Waals surface area (Å²) >= 11 is 6.01. The summed E-state index contributed by atoms with van der Waals surface area (Å²) in [5, 5.41) is 17.1. The van der Waals surface area contributed by atoms with Crippen LogP contribution in [0.3, 0.4) is 0 Å². The highest BCUT2D eigenvalue weighted by Gasteiger charge is 2.18. The van der Waals surface area contributed by atoms with E-state index in [1.165, 1.54) is 5.12 Å². The van der Waals surface area contributed by atoms with Crippen LogP contribution in [0.4, 0.5) is 16.2 Å². The maximum absolute atomic E-state index is 10.8. The number of nitrogens with zero attached hydrogens (tertiary/aromatic N) is 2. The van der Waals surface area contributed by atoms with E-state index in [-0.39, 0.29) is 6.10 Å². The molecule has 7 nitrogen and oxygen atoms in total. The number of carbonyl (C=O) groups is 1.